The third-order valence-electron chi connectivity index (χ3n) is 6.12. The lowest BCUT2D eigenvalue weighted by Crippen LogP contribution is -2.55. The number of hydrogen-bond donors (Lipinski definition) is 2. The van der Waals surface area contributed by atoms with Gasteiger partial charge in [0.2, 0.25) is 11.8 Å². The highest BCUT2D eigenvalue weighted by molar-refractivity contribution is 5.92. The van der Waals surface area contributed by atoms with Crippen LogP contribution in [0.2, 0.25) is 0 Å². The standard InChI is InChI=1S/C27H43N3O4/c1-17(2)30(25(32)20(5)28-26(33)34-27(6,7)8)23(22-16-18(3)14-15-19(22)4)24(31)29-21-12-10-9-11-13-21/h14-17,20-21,23H,9-13H2,1-8H3,(H,28,33)(H,29,31). The minimum Gasteiger partial charge on any atom is -0.444 e. The van der Waals surface area contributed by atoms with Crippen LogP contribution in [0.4, 0.5) is 4.79 Å². The minimum absolute atomic E-state index is 0.121. The van der Waals surface area contributed by atoms with E-state index in [2.05, 4.69) is 10.6 Å². The summed E-state index contributed by atoms with van der Waals surface area (Å²) in [5.74, 6) is -0.502. The van der Waals surface area contributed by atoms with Gasteiger partial charge in [-0.15, -0.1) is 0 Å². The first-order valence-corrected chi connectivity index (χ1v) is 12.5. The predicted octanol–water partition coefficient (Wildman–Crippen LogP) is 4.94. The lowest BCUT2D eigenvalue weighted by atomic mass is 9.92. The number of nitrogens with zero attached hydrogens (tertiary/aromatic N) is 1. The number of rotatable bonds is 7. The zero-order valence-electron chi connectivity index (χ0n) is 22.2. The van der Waals surface area contributed by atoms with Gasteiger partial charge in [-0.2, -0.15) is 0 Å². The molecule has 0 saturated heterocycles. The Kier molecular flexibility index (Phi) is 9.54. The molecule has 0 aliphatic heterocycles. The van der Waals surface area contributed by atoms with Crippen molar-refractivity contribution in [3.05, 3.63) is 34.9 Å². The Balaban J connectivity index is 2.39. The number of aryl methyl sites for hydroxylation is 2. The molecule has 7 nitrogen and oxygen atoms in total. The molecule has 1 aromatic rings. The average molecular weight is 474 g/mol. The molecule has 190 valence electrons. The molecule has 1 aliphatic rings. The SMILES string of the molecule is Cc1ccc(C)c(C(C(=O)NC2CCCCC2)N(C(=O)C(C)NC(=O)OC(C)(C)C)C(C)C)c1. The quantitative estimate of drug-likeness (QED) is 0.587. The van der Waals surface area contributed by atoms with E-state index in [1.54, 1.807) is 32.6 Å². The van der Waals surface area contributed by atoms with Crippen molar-refractivity contribution < 1.29 is 19.1 Å². The van der Waals surface area contributed by atoms with Gasteiger partial charge in [0.1, 0.15) is 17.7 Å². The van der Waals surface area contributed by atoms with Gasteiger partial charge < -0.3 is 20.3 Å². The summed E-state index contributed by atoms with van der Waals surface area (Å²) in [6.07, 6.45) is 4.64. The van der Waals surface area contributed by atoms with Crippen molar-refractivity contribution in [2.75, 3.05) is 0 Å². The summed E-state index contributed by atoms with van der Waals surface area (Å²) in [6.45, 7) is 14.7. The maximum atomic E-state index is 13.7. The summed E-state index contributed by atoms with van der Waals surface area (Å²) in [7, 11) is 0. The van der Waals surface area contributed by atoms with Crippen LogP contribution in [-0.2, 0) is 14.3 Å². The van der Waals surface area contributed by atoms with Crippen molar-refractivity contribution in [3.63, 3.8) is 0 Å². The number of carbonyl (C=O) groups excluding carboxylic acids is 3. The highest BCUT2D eigenvalue weighted by Gasteiger charge is 2.37. The summed E-state index contributed by atoms with van der Waals surface area (Å²) in [5.41, 5.74) is 2.10. The fourth-order valence-electron chi connectivity index (χ4n) is 4.45. The van der Waals surface area contributed by atoms with Gasteiger partial charge in [0.05, 0.1) is 0 Å². The van der Waals surface area contributed by atoms with Gasteiger partial charge >= 0.3 is 6.09 Å². The van der Waals surface area contributed by atoms with E-state index in [9.17, 15) is 14.4 Å². The van der Waals surface area contributed by atoms with Crippen molar-refractivity contribution in [1.29, 1.82) is 0 Å². The molecule has 1 saturated carbocycles. The topological polar surface area (TPSA) is 87.7 Å². The van der Waals surface area contributed by atoms with E-state index >= 15 is 0 Å². The summed E-state index contributed by atoms with van der Waals surface area (Å²) in [4.78, 5) is 41.3. The molecule has 34 heavy (non-hydrogen) atoms. The molecule has 1 aliphatic carbocycles. The van der Waals surface area contributed by atoms with Crippen LogP contribution in [0.15, 0.2) is 18.2 Å². The maximum Gasteiger partial charge on any atom is 0.408 e. The van der Waals surface area contributed by atoms with Crippen LogP contribution in [0.25, 0.3) is 0 Å². The Morgan fingerprint density at radius 2 is 1.65 bits per heavy atom. The highest BCUT2D eigenvalue weighted by atomic mass is 16.6. The third kappa shape index (κ3) is 7.74. The fourth-order valence-corrected chi connectivity index (χ4v) is 4.45. The van der Waals surface area contributed by atoms with E-state index in [-0.39, 0.29) is 23.9 Å². The van der Waals surface area contributed by atoms with E-state index in [0.29, 0.717) is 0 Å². The summed E-state index contributed by atoms with van der Waals surface area (Å²) >= 11 is 0. The van der Waals surface area contributed by atoms with E-state index < -0.39 is 23.8 Å². The first kappa shape index (κ1) is 27.7. The van der Waals surface area contributed by atoms with Gasteiger partial charge in [0, 0.05) is 12.1 Å². The zero-order chi connectivity index (χ0) is 25.6. The van der Waals surface area contributed by atoms with Crippen LogP contribution in [0, 0.1) is 13.8 Å². The number of carbonyl (C=O) groups is 3. The Bertz CT molecular complexity index is 869. The Labute approximate surface area is 205 Å². The molecule has 0 spiro atoms. The number of ether oxygens (including phenoxy) is 1. The molecule has 2 N–H and O–H groups in total. The largest absolute Gasteiger partial charge is 0.444 e. The Morgan fingerprint density at radius 1 is 1.03 bits per heavy atom. The van der Waals surface area contributed by atoms with E-state index in [4.69, 9.17) is 4.74 Å². The van der Waals surface area contributed by atoms with Gasteiger partial charge in [-0.05, 0) is 79.4 Å². The average Bonchev–Trinajstić information content (AvgIpc) is 2.72. The lowest BCUT2D eigenvalue weighted by molar-refractivity contribution is -0.144. The molecular formula is C27H43N3O4. The van der Waals surface area contributed by atoms with Gasteiger partial charge in [-0.25, -0.2) is 4.79 Å². The number of benzene rings is 1. The van der Waals surface area contributed by atoms with Crippen LogP contribution in [0.3, 0.4) is 0 Å². The van der Waals surface area contributed by atoms with Crippen molar-refractivity contribution in [2.24, 2.45) is 0 Å². The molecule has 2 atom stereocenters. The van der Waals surface area contributed by atoms with Gasteiger partial charge in [0.15, 0.2) is 0 Å². The lowest BCUT2D eigenvalue weighted by Gasteiger charge is -2.38. The second kappa shape index (κ2) is 11.7. The van der Waals surface area contributed by atoms with E-state index in [1.807, 2.05) is 45.9 Å². The molecule has 0 heterocycles. The van der Waals surface area contributed by atoms with Crippen LogP contribution in [0.1, 0.15) is 96.4 Å². The molecular weight excluding hydrogens is 430 g/mol. The Morgan fingerprint density at radius 3 is 2.21 bits per heavy atom. The van der Waals surface area contributed by atoms with Crippen LogP contribution < -0.4 is 10.6 Å². The van der Waals surface area contributed by atoms with Crippen LogP contribution in [-0.4, -0.2) is 46.5 Å². The van der Waals surface area contributed by atoms with Crippen molar-refractivity contribution in [2.45, 2.75) is 117 Å². The van der Waals surface area contributed by atoms with Gasteiger partial charge in [-0.1, -0.05) is 43.0 Å². The first-order chi connectivity index (χ1) is 15.8. The molecule has 1 aromatic carbocycles. The highest BCUT2D eigenvalue weighted by Crippen LogP contribution is 2.29. The summed E-state index contributed by atoms with van der Waals surface area (Å²) in [5, 5.41) is 5.86. The maximum absolute atomic E-state index is 13.7. The van der Waals surface area contributed by atoms with Crippen LogP contribution >= 0.6 is 0 Å². The van der Waals surface area contributed by atoms with Gasteiger partial charge in [-0.3, -0.25) is 9.59 Å². The van der Waals surface area contributed by atoms with Gasteiger partial charge in [0.25, 0.3) is 0 Å². The molecule has 2 rings (SSSR count). The van der Waals surface area contributed by atoms with E-state index in [1.165, 1.54) is 6.42 Å². The monoisotopic (exact) mass is 473 g/mol. The van der Waals surface area contributed by atoms with E-state index in [0.717, 1.165) is 42.4 Å². The number of alkyl carbamates (subject to hydrolysis) is 1. The predicted molar refractivity (Wildman–Crippen MR) is 134 cm³/mol. The second-order valence-electron chi connectivity index (χ2n) is 10.8. The second-order valence-corrected chi connectivity index (χ2v) is 10.8. The number of hydrogen-bond acceptors (Lipinski definition) is 4. The minimum atomic E-state index is -0.854. The molecule has 0 radical (unpaired) electrons. The number of nitrogens with one attached hydrogen (secondary N) is 2. The molecule has 7 heteroatoms. The summed E-state index contributed by atoms with van der Waals surface area (Å²) < 4.78 is 5.33. The molecule has 2 unspecified atom stereocenters. The summed E-state index contributed by atoms with van der Waals surface area (Å²) in [6, 6.07) is 4.17. The first-order valence-electron chi connectivity index (χ1n) is 12.5. The third-order valence-corrected chi connectivity index (χ3v) is 6.12. The normalized spacial score (nSPS) is 16.5. The molecule has 0 aromatic heterocycles. The smallest absolute Gasteiger partial charge is 0.408 e. The van der Waals surface area contributed by atoms with Crippen molar-refractivity contribution in [1.82, 2.24) is 15.5 Å². The van der Waals surface area contributed by atoms with Crippen molar-refractivity contribution >= 4 is 17.9 Å². The molecule has 1 fully saturated rings. The van der Waals surface area contributed by atoms with Crippen LogP contribution in [0.5, 0.6) is 0 Å². The fraction of sp³-hybridized carbons (Fsp3) is 0.667. The number of amides is 3. The molecule has 0 bridgehead atoms. The molecule has 3 amide bonds. The zero-order valence-corrected chi connectivity index (χ0v) is 22.2. The Hall–Kier alpha value is -2.57. The van der Waals surface area contributed by atoms with Crippen molar-refractivity contribution in [3.8, 4) is 0 Å².